The van der Waals surface area contributed by atoms with Crippen molar-refractivity contribution < 1.29 is 14.3 Å². The fraction of sp³-hybridized carbons (Fsp3) is 0.375. The van der Waals surface area contributed by atoms with Gasteiger partial charge in [0.2, 0.25) is 5.91 Å². The number of aromatic nitrogens is 1. The predicted molar refractivity (Wildman–Crippen MR) is 86.5 cm³/mol. The van der Waals surface area contributed by atoms with Gasteiger partial charge in [0.15, 0.2) is 0 Å². The van der Waals surface area contributed by atoms with E-state index < -0.39 is 17.4 Å². The quantitative estimate of drug-likeness (QED) is 0.847. The van der Waals surface area contributed by atoms with Crippen LogP contribution in [0.1, 0.15) is 30.8 Å². The van der Waals surface area contributed by atoms with E-state index in [1.165, 1.54) is 0 Å². The molecule has 1 saturated carbocycles. The van der Waals surface area contributed by atoms with Gasteiger partial charge in [-0.3, -0.25) is 4.79 Å². The summed E-state index contributed by atoms with van der Waals surface area (Å²) in [6.07, 6.45) is 0.634. The summed E-state index contributed by atoms with van der Waals surface area (Å²) in [5.41, 5.74) is 6.01. The van der Waals surface area contributed by atoms with Crippen LogP contribution >= 0.6 is 15.9 Å². The lowest BCUT2D eigenvalue weighted by atomic mass is 10.1. The molecular weight excluding hydrogens is 348 g/mol. The van der Waals surface area contributed by atoms with Gasteiger partial charge < -0.3 is 15.0 Å². The molecule has 0 saturated heterocycles. The van der Waals surface area contributed by atoms with Crippen molar-refractivity contribution in [1.29, 1.82) is 0 Å². The zero-order chi connectivity index (χ0) is 16.1. The highest BCUT2D eigenvalue weighted by atomic mass is 79.9. The van der Waals surface area contributed by atoms with E-state index in [0.29, 0.717) is 12.1 Å². The first-order valence-corrected chi connectivity index (χ1v) is 7.99. The molecule has 5 nitrogen and oxygen atoms in total. The summed E-state index contributed by atoms with van der Waals surface area (Å²) < 4.78 is 7.81. The van der Waals surface area contributed by atoms with Crippen molar-refractivity contribution >= 4 is 38.7 Å². The zero-order valence-corrected chi connectivity index (χ0v) is 14.0. The summed E-state index contributed by atoms with van der Waals surface area (Å²) >= 11 is 3.42. The molecule has 0 bridgehead atoms. The average molecular weight is 365 g/mol. The van der Waals surface area contributed by atoms with Crippen LogP contribution in [0, 0.1) is 5.92 Å². The van der Waals surface area contributed by atoms with E-state index in [2.05, 4.69) is 15.9 Å². The van der Waals surface area contributed by atoms with Crippen LogP contribution in [-0.2, 0) is 15.1 Å². The van der Waals surface area contributed by atoms with Crippen LogP contribution in [0.15, 0.2) is 28.7 Å². The molecule has 0 spiro atoms. The van der Waals surface area contributed by atoms with Crippen molar-refractivity contribution in [2.24, 2.45) is 11.7 Å². The van der Waals surface area contributed by atoms with Gasteiger partial charge in [0.05, 0.1) is 6.61 Å². The van der Waals surface area contributed by atoms with Crippen molar-refractivity contribution in [3.63, 3.8) is 0 Å². The van der Waals surface area contributed by atoms with E-state index in [-0.39, 0.29) is 12.5 Å². The molecule has 0 radical (unpaired) electrons. The minimum atomic E-state index is -0.836. The largest absolute Gasteiger partial charge is 0.461 e. The van der Waals surface area contributed by atoms with Crippen LogP contribution in [0.5, 0.6) is 0 Å². The first kappa shape index (κ1) is 15.1. The first-order valence-electron chi connectivity index (χ1n) is 7.20. The van der Waals surface area contributed by atoms with E-state index in [9.17, 15) is 9.59 Å². The number of hydrogen-bond donors (Lipinski definition) is 1. The van der Waals surface area contributed by atoms with Crippen LogP contribution in [0.3, 0.4) is 0 Å². The molecule has 1 aromatic heterocycles. The lowest BCUT2D eigenvalue weighted by Gasteiger charge is -2.19. The maximum absolute atomic E-state index is 12.3. The standard InChI is InChI=1S/C16H17BrN2O3/c1-3-22-14(20)13-7-10-6-11(17)4-5-12(10)19(13)16(15(18)21)8-9(16)2/h4-7,9H,3,8H2,1-2H3,(H2,18,21)/t9-,16-/m0/s1. The summed E-state index contributed by atoms with van der Waals surface area (Å²) in [6.45, 7) is 4.00. The Morgan fingerprint density at radius 2 is 2.14 bits per heavy atom. The molecule has 3 rings (SSSR count). The van der Waals surface area contributed by atoms with Gasteiger partial charge in [0, 0.05) is 15.4 Å². The number of halogens is 1. The Kier molecular flexibility index (Phi) is 3.51. The number of amides is 1. The minimum Gasteiger partial charge on any atom is -0.461 e. The Morgan fingerprint density at radius 3 is 2.68 bits per heavy atom. The van der Waals surface area contributed by atoms with Crippen molar-refractivity contribution in [3.05, 3.63) is 34.4 Å². The van der Waals surface area contributed by atoms with Gasteiger partial charge in [0.1, 0.15) is 11.2 Å². The molecule has 6 heteroatoms. The Bertz CT molecular complexity index is 783. The summed E-state index contributed by atoms with van der Waals surface area (Å²) in [5, 5.41) is 0.872. The number of carbonyl (C=O) groups is 2. The maximum Gasteiger partial charge on any atom is 0.355 e. The number of carbonyl (C=O) groups excluding carboxylic acids is 2. The highest BCUT2D eigenvalue weighted by Crippen LogP contribution is 2.52. The van der Waals surface area contributed by atoms with Gasteiger partial charge >= 0.3 is 5.97 Å². The maximum atomic E-state index is 12.3. The van der Waals surface area contributed by atoms with Gasteiger partial charge in [-0.2, -0.15) is 0 Å². The van der Waals surface area contributed by atoms with Crippen LogP contribution in [0.25, 0.3) is 10.9 Å². The van der Waals surface area contributed by atoms with E-state index in [1.54, 1.807) is 17.6 Å². The molecular formula is C16H17BrN2O3. The number of nitrogens with zero attached hydrogens (tertiary/aromatic N) is 1. The smallest absolute Gasteiger partial charge is 0.355 e. The van der Waals surface area contributed by atoms with Crippen LogP contribution < -0.4 is 5.73 Å². The van der Waals surface area contributed by atoms with E-state index >= 15 is 0 Å². The third kappa shape index (κ3) is 2.05. The van der Waals surface area contributed by atoms with E-state index in [4.69, 9.17) is 10.5 Å². The summed E-state index contributed by atoms with van der Waals surface area (Å²) in [7, 11) is 0. The number of hydrogen-bond acceptors (Lipinski definition) is 3. The van der Waals surface area contributed by atoms with Crippen LogP contribution in [0.2, 0.25) is 0 Å². The molecule has 2 atom stereocenters. The second-order valence-electron chi connectivity index (χ2n) is 5.68. The van der Waals surface area contributed by atoms with Crippen molar-refractivity contribution in [2.75, 3.05) is 6.61 Å². The average Bonchev–Trinajstić information content (AvgIpc) is 2.99. The van der Waals surface area contributed by atoms with Gasteiger partial charge in [-0.05, 0) is 43.5 Å². The number of fused-ring (bicyclic) bond motifs is 1. The van der Waals surface area contributed by atoms with Gasteiger partial charge in [-0.25, -0.2) is 4.79 Å². The van der Waals surface area contributed by atoms with Crippen LogP contribution in [-0.4, -0.2) is 23.1 Å². The second kappa shape index (κ2) is 5.12. The van der Waals surface area contributed by atoms with Crippen molar-refractivity contribution in [1.82, 2.24) is 4.57 Å². The van der Waals surface area contributed by atoms with Gasteiger partial charge in [-0.1, -0.05) is 22.9 Å². The van der Waals surface area contributed by atoms with Crippen molar-refractivity contribution in [2.45, 2.75) is 25.8 Å². The molecule has 0 aliphatic heterocycles. The SMILES string of the molecule is CCOC(=O)c1cc2cc(Br)ccc2n1[C@@]1(C(N)=O)C[C@@H]1C. The second-order valence-corrected chi connectivity index (χ2v) is 6.60. The monoisotopic (exact) mass is 364 g/mol. The predicted octanol–water partition coefficient (Wildman–Crippen LogP) is 2.80. The zero-order valence-electron chi connectivity index (χ0n) is 12.4. The fourth-order valence-electron chi connectivity index (χ4n) is 3.14. The molecule has 116 valence electrons. The molecule has 2 aromatic rings. The molecule has 2 N–H and O–H groups in total. The molecule has 1 amide bonds. The van der Waals surface area contributed by atoms with Gasteiger partial charge in [-0.15, -0.1) is 0 Å². The number of primary amides is 1. The van der Waals surface area contributed by atoms with E-state index in [1.807, 2.05) is 25.1 Å². The molecule has 1 heterocycles. The topological polar surface area (TPSA) is 74.3 Å². The highest BCUT2D eigenvalue weighted by Gasteiger charge is 2.59. The Morgan fingerprint density at radius 1 is 1.45 bits per heavy atom. The Hall–Kier alpha value is -1.82. The Balaban J connectivity index is 2.28. The normalized spacial score (nSPS) is 23.5. The van der Waals surface area contributed by atoms with E-state index in [0.717, 1.165) is 15.4 Å². The first-order chi connectivity index (χ1) is 10.4. The number of esters is 1. The fourth-order valence-corrected chi connectivity index (χ4v) is 3.52. The molecule has 1 aliphatic carbocycles. The molecule has 1 aliphatic rings. The molecule has 0 unspecified atom stereocenters. The summed E-state index contributed by atoms with van der Waals surface area (Å²) in [4.78, 5) is 24.4. The molecule has 1 fully saturated rings. The third-order valence-corrected chi connectivity index (χ3v) is 4.84. The minimum absolute atomic E-state index is 0.0948. The van der Waals surface area contributed by atoms with Crippen LogP contribution in [0.4, 0.5) is 0 Å². The highest BCUT2D eigenvalue weighted by molar-refractivity contribution is 9.10. The number of ether oxygens (including phenoxy) is 1. The number of benzene rings is 1. The number of rotatable bonds is 4. The van der Waals surface area contributed by atoms with Crippen molar-refractivity contribution in [3.8, 4) is 0 Å². The number of nitrogens with two attached hydrogens (primary N) is 1. The summed E-state index contributed by atoms with van der Waals surface area (Å²) in [5.74, 6) is -0.752. The Labute approximate surface area is 136 Å². The lowest BCUT2D eigenvalue weighted by Crippen LogP contribution is -2.37. The molecule has 22 heavy (non-hydrogen) atoms. The lowest BCUT2D eigenvalue weighted by molar-refractivity contribution is -0.122. The summed E-state index contributed by atoms with van der Waals surface area (Å²) in [6, 6.07) is 7.44. The molecule has 1 aromatic carbocycles. The van der Waals surface area contributed by atoms with Gasteiger partial charge in [0.25, 0.3) is 0 Å². The third-order valence-electron chi connectivity index (χ3n) is 4.35.